The van der Waals surface area contributed by atoms with Gasteiger partial charge in [-0.3, -0.25) is 0 Å². The fraction of sp³-hybridized carbons (Fsp3) is 0.429. The first-order valence-corrected chi connectivity index (χ1v) is 14.1. The van der Waals surface area contributed by atoms with E-state index in [0.29, 0.717) is 0 Å². The monoisotopic (exact) mass is 312 g/mol. The lowest BCUT2D eigenvalue weighted by Gasteiger charge is -2.40. The summed E-state index contributed by atoms with van der Waals surface area (Å²) in [5, 5.41) is 0. The third kappa shape index (κ3) is 4.85. The fourth-order valence-corrected chi connectivity index (χ4v) is 13.1. The molecule has 0 fully saturated rings. The van der Waals surface area contributed by atoms with Crippen LogP contribution in [-0.4, -0.2) is 25.2 Å². The second kappa shape index (κ2) is 7.35. The predicted octanol–water partition coefficient (Wildman–Crippen LogP) is 4.55. The maximum absolute atomic E-state index is 6.48. The lowest BCUT2D eigenvalue weighted by molar-refractivity contribution is 0.385. The van der Waals surface area contributed by atoms with Crippen LogP contribution in [0.3, 0.4) is 0 Å². The van der Waals surface area contributed by atoms with Crippen molar-refractivity contribution in [3.63, 3.8) is 0 Å². The van der Waals surface area contributed by atoms with Gasteiger partial charge in [0.15, 0.2) is 0 Å². The van der Waals surface area contributed by atoms with Crippen LogP contribution in [0.1, 0.15) is 13.8 Å². The van der Waals surface area contributed by atoms with Gasteiger partial charge >= 0.3 is 8.56 Å². The van der Waals surface area contributed by atoms with Gasteiger partial charge in [0.1, 0.15) is 0 Å². The van der Waals surface area contributed by atoms with Gasteiger partial charge in [-0.2, -0.15) is 0 Å². The standard InChI is InChI=1S/C14H28O2Si3/c1-9-17(7,10-2)15-19(13-5,14-6)16-18(8,11-3)12-4/h9-12H,1-4,13-14H2,5-8H3. The summed E-state index contributed by atoms with van der Waals surface area (Å²) >= 11 is 0. The van der Waals surface area contributed by atoms with Gasteiger partial charge < -0.3 is 8.23 Å². The molecule has 0 aromatic heterocycles. The Morgan fingerprint density at radius 1 is 0.737 bits per heavy atom. The van der Waals surface area contributed by atoms with Crippen molar-refractivity contribution in [1.29, 1.82) is 0 Å². The van der Waals surface area contributed by atoms with Gasteiger partial charge in [0.05, 0.1) is 0 Å². The molecule has 0 saturated carbocycles. The van der Waals surface area contributed by atoms with Crippen LogP contribution >= 0.6 is 0 Å². The van der Waals surface area contributed by atoms with E-state index in [1.807, 2.05) is 22.8 Å². The molecule has 5 heteroatoms. The van der Waals surface area contributed by atoms with E-state index in [1.54, 1.807) is 0 Å². The summed E-state index contributed by atoms with van der Waals surface area (Å²) < 4.78 is 13.0. The fourth-order valence-electron chi connectivity index (χ4n) is 1.69. The van der Waals surface area contributed by atoms with Crippen molar-refractivity contribution in [1.82, 2.24) is 0 Å². The molecule has 0 aromatic carbocycles. The molecular formula is C14H28O2Si3. The van der Waals surface area contributed by atoms with Gasteiger partial charge in [0.25, 0.3) is 0 Å². The van der Waals surface area contributed by atoms with E-state index < -0.39 is 25.2 Å². The molecule has 0 atom stereocenters. The van der Waals surface area contributed by atoms with Crippen molar-refractivity contribution >= 4 is 25.2 Å². The lowest BCUT2D eigenvalue weighted by Crippen LogP contribution is -2.55. The van der Waals surface area contributed by atoms with E-state index >= 15 is 0 Å². The molecule has 0 radical (unpaired) electrons. The Labute approximate surface area is 122 Å². The first-order valence-electron chi connectivity index (χ1n) is 6.73. The Bertz CT molecular complexity index is 303. The second-order valence-corrected chi connectivity index (χ2v) is 16.2. The van der Waals surface area contributed by atoms with Crippen molar-refractivity contribution in [2.75, 3.05) is 0 Å². The molecule has 0 spiro atoms. The highest BCUT2D eigenvalue weighted by Gasteiger charge is 2.44. The molecule has 19 heavy (non-hydrogen) atoms. The minimum Gasteiger partial charge on any atom is -0.429 e. The third-order valence-corrected chi connectivity index (χ3v) is 15.4. The quantitative estimate of drug-likeness (QED) is 0.551. The first kappa shape index (κ1) is 18.5. The van der Waals surface area contributed by atoms with E-state index in [0.717, 1.165) is 12.1 Å². The van der Waals surface area contributed by atoms with Gasteiger partial charge in [-0.15, -0.1) is 26.3 Å². The van der Waals surface area contributed by atoms with Gasteiger partial charge in [0, 0.05) is 0 Å². The topological polar surface area (TPSA) is 18.5 Å². The SMILES string of the molecule is C=C[Si](C)(C=C)O[Si](CC)(CC)O[Si](C)(C=C)C=C. The molecule has 0 unspecified atom stereocenters. The highest BCUT2D eigenvalue weighted by Crippen LogP contribution is 2.28. The van der Waals surface area contributed by atoms with Crippen LogP contribution in [-0.2, 0) is 8.23 Å². The van der Waals surface area contributed by atoms with Gasteiger partial charge in [0.2, 0.25) is 16.6 Å². The lowest BCUT2D eigenvalue weighted by atomic mass is 10.9. The van der Waals surface area contributed by atoms with Crippen LogP contribution in [0.5, 0.6) is 0 Å². The average Bonchev–Trinajstić information content (AvgIpc) is 2.46. The van der Waals surface area contributed by atoms with Crippen molar-refractivity contribution in [3.8, 4) is 0 Å². The molecule has 0 saturated heterocycles. The van der Waals surface area contributed by atoms with E-state index in [9.17, 15) is 0 Å². The molecule has 0 rings (SSSR count). The first-order chi connectivity index (χ1) is 8.78. The van der Waals surface area contributed by atoms with Crippen LogP contribution in [0.4, 0.5) is 0 Å². The highest BCUT2D eigenvalue weighted by molar-refractivity contribution is 6.95. The molecule has 0 aliphatic rings. The summed E-state index contributed by atoms with van der Waals surface area (Å²) in [4.78, 5) is 0. The Balaban J connectivity index is 5.37. The van der Waals surface area contributed by atoms with Gasteiger partial charge in [-0.25, -0.2) is 0 Å². The molecule has 0 aliphatic heterocycles. The zero-order chi connectivity index (χ0) is 15.2. The van der Waals surface area contributed by atoms with Gasteiger partial charge in [-0.05, 0) is 25.2 Å². The molecular weight excluding hydrogens is 284 g/mol. The molecule has 0 heterocycles. The summed E-state index contributed by atoms with van der Waals surface area (Å²) in [6.07, 6.45) is 0. The molecule has 0 bridgehead atoms. The number of hydrogen-bond donors (Lipinski definition) is 0. The second-order valence-electron chi connectivity index (χ2n) is 5.01. The minimum absolute atomic E-state index is 0.915. The summed E-state index contributed by atoms with van der Waals surface area (Å²) in [5.41, 5.74) is 7.66. The van der Waals surface area contributed by atoms with Crippen molar-refractivity contribution in [2.45, 2.75) is 39.0 Å². The Hall–Kier alpha value is -0.469. The van der Waals surface area contributed by atoms with E-state index in [2.05, 4.69) is 53.3 Å². The molecule has 108 valence electrons. The predicted molar refractivity (Wildman–Crippen MR) is 92.9 cm³/mol. The van der Waals surface area contributed by atoms with Crippen molar-refractivity contribution in [2.24, 2.45) is 0 Å². The summed E-state index contributed by atoms with van der Waals surface area (Å²) in [7, 11) is -6.42. The Morgan fingerprint density at radius 3 is 1.16 bits per heavy atom. The molecule has 0 amide bonds. The highest BCUT2D eigenvalue weighted by atomic mass is 28.5. The summed E-state index contributed by atoms with van der Waals surface area (Å²) in [6.45, 7) is 24.1. The molecule has 0 aliphatic carbocycles. The zero-order valence-electron chi connectivity index (χ0n) is 12.9. The maximum atomic E-state index is 6.48. The average molecular weight is 313 g/mol. The largest absolute Gasteiger partial charge is 0.429 e. The van der Waals surface area contributed by atoms with E-state index in [-0.39, 0.29) is 0 Å². The summed E-state index contributed by atoms with van der Waals surface area (Å²) in [5.74, 6) is 0. The maximum Gasteiger partial charge on any atom is 0.317 e. The number of rotatable bonds is 10. The minimum atomic E-state index is -2.26. The third-order valence-electron chi connectivity index (χ3n) is 3.51. The zero-order valence-corrected chi connectivity index (χ0v) is 15.9. The number of hydrogen-bond acceptors (Lipinski definition) is 2. The van der Waals surface area contributed by atoms with Gasteiger partial charge in [-0.1, -0.05) is 36.6 Å². The van der Waals surface area contributed by atoms with Crippen LogP contribution in [0.15, 0.2) is 49.1 Å². The van der Waals surface area contributed by atoms with Crippen LogP contribution < -0.4 is 0 Å². The van der Waals surface area contributed by atoms with Crippen molar-refractivity contribution < 1.29 is 8.23 Å². The van der Waals surface area contributed by atoms with Crippen molar-refractivity contribution in [3.05, 3.63) is 49.1 Å². The van der Waals surface area contributed by atoms with Crippen LogP contribution in [0, 0.1) is 0 Å². The summed E-state index contributed by atoms with van der Waals surface area (Å²) in [6, 6.07) is 1.83. The van der Waals surface area contributed by atoms with E-state index in [1.165, 1.54) is 0 Å². The molecule has 2 nitrogen and oxygen atoms in total. The van der Waals surface area contributed by atoms with Crippen LogP contribution in [0.25, 0.3) is 0 Å². The Kier molecular flexibility index (Phi) is 7.17. The normalized spacial score (nSPS) is 12.8. The van der Waals surface area contributed by atoms with E-state index in [4.69, 9.17) is 8.23 Å². The molecule has 0 aromatic rings. The smallest absolute Gasteiger partial charge is 0.317 e. The van der Waals surface area contributed by atoms with Crippen LogP contribution in [0.2, 0.25) is 25.2 Å². The Morgan fingerprint density at radius 2 is 1.00 bits per heavy atom. The molecule has 0 N–H and O–H groups in total.